The lowest BCUT2D eigenvalue weighted by molar-refractivity contribution is -0.137. The summed E-state index contributed by atoms with van der Waals surface area (Å²) in [6.07, 6.45) is -0.363. The van der Waals surface area contributed by atoms with Gasteiger partial charge in [-0.05, 0) is 25.2 Å². The lowest BCUT2D eigenvalue weighted by atomic mass is 9.86. The number of nitrogens with zero attached hydrogens (tertiary/aromatic N) is 3. The molecule has 27 heavy (non-hydrogen) atoms. The van der Waals surface area contributed by atoms with E-state index in [0.717, 1.165) is 18.5 Å². The van der Waals surface area contributed by atoms with Crippen LogP contribution in [0, 0.1) is 5.92 Å². The molecule has 1 saturated heterocycles. The van der Waals surface area contributed by atoms with Crippen molar-refractivity contribution in [3.05, 3.63) is 11.8 Å². The van der Waals surface area contributed by atoms with Crippen LogP contribution in [-0.2, 0) is 14.9 Å². The number of nitrogens with one attached hydrogen (secondary N) is 1. The van der Waals surface area contributed by atoms with Crippen LogP contribution in [0.25, 0.3) is 0 Å². The highest BCUT2D eigenvalue weighted by Crippen LogP contribution is 2.38. The number of carbonyl (C=O) groups excluding carboxylic acids is 1. The number of amides is 1. The molecule has 3 rings (SSSR count). The number of ether oxygens (including phenoxy) is 1. The van der Waals surface area contributed by atoms with Crippen molar-refractivity contribution in [3.63, 3.8) is 0 Å². The third kappa shape index (κ3) is 4.25. The molecule has 6 nitrogen and oxygen atoms in total. The first-order chi connectivity index (χ1) is 12.7. The summed E-state index contributed by atoms with van der Waals surface area (Å²) in [5.74, 6) is 0.757. The fraction of sp³-hybridized carbons (Fsp3) is 0.789. The van der Waals surface area contributed by atoms with Gasteiger partial charge >= 0.3 is 0 Å². The van der Waals surface area contributed by atoms with E-state index in [1.807, 2.05) is 26.8 Å². The summed E-state index contributed by atoms with van der Waals surface area (Å²) in [6, 6.07) is 0.852. The molecule has 3 atom stereocenters. The molecule has 0 bridgehead atoms. The van der Waals surface area contributed by atoms with Crippen molar-refractivity contribution in [3.8, 4) is 0 Å². The number of hydrogen-bond donors (Lipinski definition) is 1. The molecule has 1 N–H and O–H groups in total. The second-order valence-corrected chi connectivity index (χ2v) is 8.67. The van der Waals surface area contributed by atoms with Gasteiger partial charge in [0, 0.05) is 37.7 Å². The molecule has 152 valence electrons. The molecule has 1 aromatic heterocycles. The van der Waals surface area contributed by atoms with Crippen molar-refractivity contribution in [1.29, 1.82) is 0 Å². The van der Waals surface area contributed by atoms with Gasteiger partial charge in [-0.3, -0.25) is 4.79 Å². The Morgan fingerprint density at radius 3 is 2.81 bits per heavy atom. The Hall–Kier alpha value is -1.70. The highest BCUT2D eigenvalue weighted by molar-refractivity contribution is 5.77. The maximum absolute atomic E-state index is 13.8. The van der Waals surface area contributed by atoms with Crippen molar-refractivity contribution < 1.29 is 18.3 Å². The molecule has 3 heterocycles. The molecule has 0 spiro atoms. The number of anilines is 1. The number of carbonyl (C=O) groups is 1. The predicted molar refractivity (Wildman–Crippen MR) is 99.2 cm³/mol. The summed E-state index contributed by atoms with van der Waals surface area (Å²) in [6.45, 7) is 7.42. The van der Waals surface area contributed by atoms with Gasteiger partial charge in [-0.15, -0.1) is 0 Å². The molecular formula is C19H30F2N4O2. The summed E-state index contributed by atoms with van der Waals surface area (Å²) >= 11 is 0. The maximum Gasteiger partial charge on any atom is 0.260 e. The SMILES string of the molecule is COCC(=O)N1CCC[C@@H]([C@@H]2C[C@H](C(F)F)n3nc(C(C)(C)C)cc3N2)C1. The van der Waals surface area contributed by atoms with Gasteiger partial charge in [0.25, 0.3) is 6.43 Å². The van der Waals surface area contributed by atoms with Crippen LogP contribution in [0.5, 0.6) is 0 Å². The third-order valence-electron chi connectivity index (χ3n) is 5.59. The third-order valence-corrected chi connectivity index (χ3v) is 5.59. The van der Waals surface area contributed by atoms with Crippen molar-refractivity contribution in [2.75, 3.05) is 32.1 Å². The quantitative estimate of drug-likeness (QED) is 0.867. The second-order valence-electron chi connectivity index (χ2n) is 8.67. The zero-order valence-electron chi connectivity index (χ0n) is 16.5. The van der Waals surface area contributed by atoms with Gasteiger partial charge in [0.05, 0.1) is 5.69 Å². The second kappa shape index (κ2) is 7.73. The number of halogens is 2. The molecule has 2 aliphatic heterocycles. The first-order valence-corrected chi connectivity index (χ1v) is 9.62. The van der Waals surface area contributed by atoms with Gasteiger partial charge in [-0.2, -0.15) is 5.10 Å². The highest BCUT2D eigenvalue weighted by atomic mass is 19.3. The van der Waals surface area contributed by atoms with Crippen LogP contribution in [0.15, 0.2) is 6.07 Å². The fourth-order valence-electron chi connectivity index (χ4n) is 4.03. The molecular weight excluding hydrogens is 354 g/mol. The number of likely N-dealkylation sites (tertiary alicyclic amines) is 1. The van der Waals surface area contributed by atoms with Crippen LogP contribution in [-0.4, -0.2) is 59.9 Å². The molecule has 0 unspecified atom stereocenters. The maximum atomic E-state index is 13.8. The average molecular weight is 384 g/mol. The normalized spacial score (nSPS) is 26.0. The number of fused-ring (bicyclic) bond motifs is 1. The summed E-state index contributed by atoms with van der Waals surface area (Å²) in [5.41, 5.74) is 0.597. The highest BCUT2D eigenvalue weighted by Gasteiger charge is 2.39. The Morgan fingerprint density at radius 2 is 2.19 bits per heavy atom. The average Bonchev–Trinajstić information content (AvgIpc) is 3.05. The monoisotopic (exact) mass is 384 g/mol. The van der Waals surface area contributed by atoms with Gasteiger partial charge in [-0.25, -0.2) is 13.5 Å². The first kappa shape index (κ1) is 20.0. The van der Waals surface area contributed by atoms with E-state index < -0.39 is 12.5 Å². The van der Waals surface area contributed by atoms with E-state index in [0.29, 0.717) is 25.3 Å². The summed E-state index contributed by atoms with van der Waals surface area (Å²) in [4.78, 5) is 14.0. The minimum atomic E-state index is -2.48. The molecule has 0 radical (unpaired) electrons. The van der Waals surface area contributed by atoms with Crippen molar-refractivity contribution in [2.45, 2.75) is 64.0 Å². The zero-order chi connectivity index (χ0) is 19.8. The van der Waals surface area contributed by atoms with Gasteiger partial charge in [0.1, 0.15) is 18.5 Å². The van der Waals surface area contributed by atoms with Crippen molar-refractivity contribution in [2.24, 2.45) is 5.92 Å². The summed E-state index contributed by atoms with van der Waals surface area (Å²) in [5, 5.41) is 7.90. The van der Waals surface area contributed by atoms with Gasteiger partial charge in [-0.1, -0.05) is 20.8 Å². The van der Waals surface area contributed by atoms with Gasteiger partial charge in [0.15, 0.2) is 0 Å². The molecule has 1 amide bonds. The van der Waals surface area contributed by atoms with Crippen molar-refractivity contribution >= 4 is 11.7 Å². The Morgan fingerprint density at radius 1 is 1.44 bits per heavy atom. The number of hydrogen-bond acceptors (Lipinski definition) is 4. The number of methoxy groups -OCH3 is 1. The minimum Gasteiger partial charge on any atom is -0.375 e. The zero-order valence-corrected chi connectivity index (χ0v) is 16.5. The lowest BCUT2D eigenvalue weighted by Crippen LogP contribution is -2.49. The van der Waals surface area contributed by atoms with Crippen LogP contribution >= 0.6 is 0 Å². The van der Waals surface area contributed by atoms with E-state index in [1.54, 1.807) is 4.90 Å². The Kier molecular flexibility index (Phi) is 5.74. The van der Waals surface area contributed by atoms with E-state index in [1.165, 1.54) is 11.8 Å². The summed E-state index contributed by atoms with van der Waals surface area (Å²) < 4.78 is 34.0. The van der Waals surface area contributed by atoms with Crippen LogP contribution in [0.4, 0.5) is 14.6 Å². The largest absolute Gasteiger partial charge is 0.375 e. The van der Waals surface area contributed by atoms with Gasteiger partial charge < -0.3 is 15.0 Å². The topological polar surface area (TPSA) is 59.4 Å². The smallest absolute Gasteiger partial charge is 0.260 e. The van der Waals surface area contributed by atoms with E-state index >= 15 is 0 Å². The van der Waals surface area contributed by atoms with Crippen LogP contribution in [0.2, 0.25) is 0 Å². The molecule has 1 fully saturated rings. The van der Waals surface area contributed by atoms with E-state index in [4.69, 9.17) is 4.74 Å². The molecule has 0 saturated carbocycles. The Bertz CT molecular complexity index is 671. The Labute approximate surface area is 159 Å². The molecule has 1 aromatic rings. The Balaban J connectivity index is 1.80. The number of rotatable bonds is 4. The van der Waals surface area contributed by atoms with E-state index in [9.17, 15) is 13.6 Å². The fourth-order valence-corrected chi connectivity index (χ4v) is 4.03. The standard InChI is InChI=1S/C19H30F2N4O2/c1-19(2,3)15-9-16-22-13(8-14(18(20)21)25(16)23-15)12-6-5-7-24(10-12)17(26)11-27-4/h9,12-14,18,22H,5-8,10-11H2,1-4H3/t12-,13+,14-/m1/s1. The minimum absolute atomic E-state index is 0.0384. The van der Waals surface area contributed by atoms with Crippen LogP contribution < -0.4 is 5.32 Å². The number of piperidine rings is 1. The van der Waals surface area contributed by atoms with Gasteiger partial charge in [0.2, 0.25) is 5.91 Å². The lowest BCUT2D eigenvalue weighted by Gasteiger charge is -2.41. The van der Waals surface area contributed by atoms with E-state index in [-0.39, 0.29) is 29.9 Å². The summed E-state index contributed by atoms with van der Waals surface area (Å²) in [7, 11) is 1.50. The van der Waals surface area contributed by atoms with Crippen LogP contribution in [0.3, 0.4) is 0 Å². The van der Waals surface area contributed by atoms with E-state index in [2.05, 4.69) is 10.4 Å². The number of aromatic nitrogens is 2. The predicted octanol–water partition coefficient (Wildman–Crippen LogP) is 3.06. The first-order valence-electron chi connectivity index (χ1n) is 9.62. The number of alkyl halides is 2. The molecule has 8 heteroatoms. The molecule has 2 aliphatic rings. The van der Waals surface area contributed by atoms with Crippen LogP contribution in [0.1, 0.15) is 51.8 Å². The van der Waals surface area contributed by atoms with Crippen molar-refractivity contribution in [1.82, 2.24) is 14.7 Å². The molecule has 0 aliphatic carbocycles. The molecule has 0 aromatic carbocycles.